The van der Waals surface area contributed by atoms with Gasteiger partial charge in [0.05, 0.1) is 24.7 Å². The van der Waals surface area contributed by atoms with Crippen LogP contribution in [-0.2, 0) is 11.3 Å². The van der Waals surface area contributed by atoms with Crippen molar-refractivity contribution < 1.29 is 14.7 Å². The summed E-state index contributed by atoms with van der Waals surface area (Å²) < 4.78 is 1.61. The van der Waals surface area contributed by atoms with Crippen LogP contribution < -0.4 is 10.6 Å². The van der Waals surface area contributed by atoms with Gasteiger partial charge in [0.15, 0.2) is 0 Å². The number of nitrogens with one attached hydrogen (secondary N) is 2. The van der Waals surface area contributed by atoms with Crippen molar-refractivity contribution in [2.75, 3.05) is 6.54 Å². The van der Waals surface area contributed by atoms with Crippen LogP contribution in [0.2, 0.25) is 0 Å². The van der Waals surface area contributed by atoms with Gasteiger partial charge in [-0.15, -0.1) is 5.10 Å². The number of hydrogen-bond acceptors (Lipinski definition) is 4. The Balaban J connectivity index is 1.65. The monoisotopic (exact) mass is 265 g/mol. The first-order chi connectivity index (χ1) is 9.15. The van der Waals surface area contributed by atoms with E-state index in [0.717, 1.165) is 0 Å². The average molecular weight is 265 g/mol. The van der Waals surface area contributed by atoms with Crippen molar-refractivity contribution in [3.8, 4) is 0 Å². The summed E-state index contributed by atoms with van der Waals surface area (Å²) in [5.74, 6) is -1.38. The number of amides is 2. The lowest BCUT2D eigenvalue weighted by atomic mass is 10.1. The van der Waals surface area contributed by atoms with Crippen molar-refractivity contribution in [2.45, 2.75) is 19.0 Å². The van der Waals surface area contributed by atoms with Gasteiger partial charge in [0.2, 0.25) is 0 Å². The number of carbonyl (C=O) groups is 2. The number of urea groups is 1. The molecule has 0 aliphatic heterocycles. The summed E-state index contributed by atoms with van der Waals surface area (Å²) in [6.45, 7) is 0.958. The number of carboxylic acid groups (broad SMARTS) is 1. The minimum Gasteiger partial charge on any atom is -0.481 e. The SMILES string of the molecule is O=C(NCCn1ccnn1)NC1C=CC(C(=O)O)C1. The third-order valence-electron chi connectivity index (χ3n) is 2.82. The first kappa shape index (κ1) is 13.1. The van der Waals surface area contributed by atoms with E-state index in [0.29, 0.717) is 19.5 Å². The molecule has 2 unspecified atom stereocenters. The van der Waals surface area contributed by atoms with E-state index in [1.54, 1.807) is 29.2 Å². The van der Waals surface area contributed by atoms with Crippen LogP contribution in [0.3, 0.4) is 0 Å². The zero-order valence-electron chi connectivity index (χ0n) is 10.2. The second kappa shape index (κ2) is 5.98. The summed E-state index contributed by atoms with van der Waals surface area (Å²) in [5, 5.41) is 21.6. The molecule has 102 valence electrons. The molecular formula is C11H15N5O3. The van der Waals surface area contributed by atoms with Gasteiger partial charge in [-0.05, 0) is 6.42 Å². The van der Waals surface area contributed by atoms with Gasteiger partial charge < -0.3 is 15.7 Å². The molecule has 1 aliphatic rings. The van der Waals surface area contributed by atoms with E-state index in [4.69, 9.17) is 5.11 Å². The highest BCUT2D eigenvalue weighted by Gasteiger charge is 2.25. The van der Waals surface area contributed by atoms with Gasteiger partial charge in [-0.1, -0.05) is 17.4 Å². The van der Waals surface area contributed by atoms with Gasteiger partial charge in [-0.25, -0.2) is 4.79 Å². The van der Waals surface area contributed by atoms with Gasteiger partial charge in [0.1, 0.15) is 0 Å². The number of carboxylic acids is 1. The third kappa shape index (κ3) is 3.80. The fourth-order valence-electron chi connectivity index (χ4n) is 1.84. The van der Waals surface area contributed by atoms with E-state index in [1.807, 2.05) is 0 Å². The maximum absolute atomic E-state index is 11.6. The van der Waals surface area contributed by atoms with Gasteiger partial charge in [0, 0.05) is 12.7 Å². The van der Waals surface area contributed by atoms with E-state index < -0.39 is 11.9 Å². The molecule has 0 bridgehead atoms. The predicted octanol–water partition coefficient (Wildman–Crippen LogP) is -0.393. The van der Waals surface area contributed by atoms with E-state index in [1.165, 1.54) is 0 Å². The van der Waals surface area contributed by atoms with E-state index >= 15 is 0 Å². The zero-order chi connectivity index (χ0) is 13.7. The molecular weight excluding hydrogens is 250 g/mol. The number of aliphatic carboxylic acids is 1. The lowest BCUT2D eigenvalue weighted by Crippen LogP contribution is -2.42. The van der Waals surface area contributed by atoms with Crippen LogP contribution in [0.15, 0.2) is 24.5 Å². The van der Waals surface area contributed by atoms with Gasteiger partial charge >= 0.3 is 12.0 Å². The van der Waals surface area contributed by atoms with E-state index in [-0.39, 0.29) is 12.1 Å². The second-order valence-corrected chi connectivity index (χ2v) is 4.24. The molecule has 8 nitrogen and oxygen atoms in total. The molecule has 2 rings (SSSR count). The van der Waals surface area contributed by atoms with Crippen molar-refractivity contribution in [3.63, 3.8) is 0 Å². The molecule has 0 spiro atoms. The quantitative estimate of drug-likeness (QED) is 0.628. The molecule has 0 radical (unpaired) electrons. The van der Waals surface area contributed by atoms with Crippen LogP contribution in [0.25, 0.3) is 0 Å². The van der Waals surface area contributed by atoms with Crippen LogP contribution in [0.4, 0.5) is 4.79 Å². The second-order valence-electron chi connectivity index (χ2n) is 4.24. The summed E-state index contributed by atoms with van der Waals surface area (Å²) in [6, 6.07) is -0.548. The topological polar surface area (TPSA) is 109 Å². The maximum Gasteiger partial charge on any atom is 0.315 e. The van der Waals surface area contributed by atoms with Gasteiger partial charge in [0.25, 0.3) is 0 Å². The summed E-state index contributed by atoms with van der Waals surface area (Å²) in [5.41, 5.74) is 0. The third-order valence-corrected chi connectivity index (χ3v) is 2.82. The number of aromatic nitrogens is 3. The van der Waals surface area contributed by atoms with Crippen LogP contribution in [-0.4, -0.2) is 44.7 Å². The molecule has 8 heteroatoms. The normalized spacial score (nSPS) is 21.3. The minimum absolute atomic E-state index is 0.229. The largest absolute Gasteiger partial charge is 0.481 e. The van der Waals surface area contributed by atoms with Crippen molar-refractivity contribution >= 4 is 12.0 Å². The fraction of sp³-hybridized carbons (Fsp3) is 0.455. The number of hydrogen-bond donors (Lipinski definition) is 3. The molecule has 1 aliphatic carbocycles. The maximum atomic E-state index is 11.6. The Hall–Kier alpha value is -2.38. The van der Waals surface area contributed by atoms with Crippen LogP contribution in [0.1, 0.15) is 6.42 Å². The van der Waals surface area contributed by atoms with Gasteiger partial charge in [-0.2, -0.15) is 0 Å². The highest BCUT2D eigenvalue weighted by Crippen LogP contribution is 2.17. The summed E-state index contributed by atoms with van der Waals surface area (Å²) in [7, 11) is 0. The number of carbonyl (C=O) groups excluding carboxylic acids is 1. The average Bonchev–Trinajstić information content (AvgIpc) is 3.00. The Morgan fingerprint density at radius 3 is 2.89 bits per heavy atom. The summed E-state index contributed by atoms with van der Waals surface area (Å²) in [6.07, 6.45) is 6.97. The Morgan fingerprint density at radius 1 is 1.42 bits per heavy atom. The van der Waals surface area contributed by atoms with Crippen molar-refractivity contribution in [3.05, 3.63) is 24.5 Å². The number of nitrogens with zero attached hydrogens (tertiary/aromatic N) is 3. The van der Waals surface area contributed by atoms with Crippen LogP contribution in [0.5, 0.6) is 0 Å². The Kier molecular flexibility index (Phi) is 4.11. The molecule has 1 aromatic rings. The molecule has 1 heterocycles. The molecule has 19 heavy (non-hydrogen) atoms. The molecule has 0 saturated carbocycles. The van der Waals surface area contributed by atoms with Crippen molar-refractivity contribution in [2.24, 2.45) is 5.92 Å². The molecule has 3 N–H and O–H groups in total. The molecule has 2 amide bonds. The molecule has 0 fully saturated rings. The van der Waals surface area contributed by atoms with Crippen molar-refractivity contribution in [1.82, 2.24) is 25.6 Å². The molecule has 1 aromatic heterocycles. The molecule has 2 atom stereocenters. The van der Waals surface area contributed by atoms with Crippen LogP contribution in [0, 0.1) is 5.92 Å². The minimum atomic E-state index is -0.868. The van der Waals surface area contributed by atoms with Crippen LogP contribution >= 0.6 is 0 Å². The summed E-state index contributed by atoms with van der Waals surface area (Å²) >= 11 is 0. The highest BCUT2D eigenvalue weighted by atomic mass is 16.4. The predicted molar refractivity (Wildman–Crippen MR) is 65.2 cm³/mol. The Labute approximate surface area is 109 Å². The zero-order valence-corrected chi connectivity index (χ0v) is 10.2. The Morgan fingerprint density at radius 2 is 2.26 bits per heavy atom. The lowest BCUT2D eigenvalue weighted by Gasteiger charge is -2.13. The molecule has 0 saturated heterocycles. The standard InChI is InChI=1S/C11H15N5O3/c17-10(18)8-1-2-9(7-8)14-11(19)12-3-5-16-6-4-13-15-16/h1-2,4,6,8-9H,3,5,7H2,(H,17,18)(H2,12,14,19). The molecule has 0 aromatic carbocycles. The van der Waals surface area contributed by atoms with E-state index in [2.05, 4.69) is 20.9 Å². The van der Waals surface area contributed by atoms with E-state index in [9.17, 15) is 9.59 Å². The highest BCUT2D eigenvalue weighted by molar-refractivity contribution is 5.76. The Bertz CT molecular complexity index is 471. The lowest BCUT2D eigenvalue weighted by molar-refractivity contribution is -0.140. The number of rotatable bonds is 5. The smallest absolute Gasteiger partial charge is 0.315 e. The van der Waals surface area contributed by atoms with Crippen molar-refractivity contribution in [1.29, 1.82) is 0 Å². The summed E-state index contributed by atoms with van der Waals surface area (Å²) in [4.78, 5) is 22.3. The first-order valence-corrected chi connectivity index (χ1v) is 5.95. The first-order valence-electron chi connectivity index (χ1n) is 5.95. The van der Waals surface area contributed by atoms with Gasteiger partial charge in [-0.3, -0.25) is 9.48 Å². The fourth-order valence-corrected chi connectivity index (χ4v) is 1.84.